The molecular weight excluding hydrogens is 210 g/mol. The predicted molar refractivity (Wildman–Crippen MR) is 64.4 cm³/mol. The van der Waals surface area contributed by atoms with Crippen molar-refractivity contribution in [3.63, 3.8) is 0 Å². The lowest BCUT2D eigenvalue weighted by molar-refractivity contribution is -0.123. The first kappa shape index (κ1) is 12.4. The number of primary amides is 1. The van der Waals surface area contributed by atoms with Crippen molar-refractivity contribution in [3.05, 3.63) is 0 Å². The summed E-state index contributed by atoms with van der Waals surface area (Å²) in [6.07, 6.45) is 2.64. The molecule has 1 heterocycles. The van der Waals surface area contributed by atoms with E-state index in [4.69, 9.17) is 23.7 Å². The van der Waals surface area contributed by atoms with Gasteiger partial charge in [-0.2, -0.15) is 0 Å². The van der Waals surface area contributed by atoms with Gasteiger partial charge in [0, 0.05) is 25.6 Å². The van der Waals surface area contributed by atoms with Crippen LogP contribution in [0.25, 0.3) is 0 Å². The maximum absolute atomic E-state index is 11.1. The first-order valence-electron chi connectivity index (χ1n) is 5.32. The number of rotatable bonds is 4. The number of piperidine rings is 1. The third-order valence-corrected chi connectivity index (χ3v) is 3.26. The van der Waals surface area contributed by atoms with Crippen molar-refractivity contribution < 1.29 is 4.79 Å². The van der Waals surface area contributed by atoms with Crippen LogP contribution in [-0.4, -0.2) is 34.9 Å². The Hall–Kier alpha value is -0.680. The predicted octanol–water partition coefficient (Wildman–Crippen LogP) is 0.248. The van der Waals surface area contributed by atoms with E-state index in [1.54, 1.807) is 0 Å². The SMILES string of the molecule is CC1CCC(C(N)=O)CN1CCC(N)=S. The molecule has 0 bridgehead atoms. The molecule has 1 fully saturated rings. The number of hydrogen-bond acceptors (Lipinski definition) is 3. The molecule has 4 N–H and O–H groups in total. The van der Waals surface area contributed by atoms with Gasteiger partial charge in [-0.15, -0.1) is 0 Å². The molecule has 0 spiro atoms. The van der Waals surface area contributed by atoms with E-state index >= 15 is 0 Å². The van der Waals surface area contributed by atoms with Crippen molar-refractivity contribution in [3.8, 4) is 0 Å². The van der Waals surface area contributed by atoms with Crippen LogP contribution in [0.3, 0.4) is 0 Å². The summed E-state index contributed by atoms with van der Waals surface area (Å²) in [5.41, 5.74) is 10.8. The van der Waals surface area contributed by atoms with Crippen LogP contribution in [0.15, 0.2) is 0 Å². The summed E-state index contributed by atoms with van der Waals surface area (Å²) in [4.78, 5) is 13.9. The monoisotopic (exact) mass is 229 g/mol. The summed E-state index contributed by atoms with van der Waals surface area (Å²) in [6, 6.07) is 0.495. The smallest absolute Gasteiger partial charge is 0.221 e. The Labute approximate surface area is 96.0 Å². The highest BCUT2D eigenvalue weighted by Crippen LogP contribution is 2.21. The molecule has 86 valence electrons. The summed E-state index contributed by atoms with van der Waals surface area (Å²) in [7, 11) is 0. The van der Waals surface area contributed by atoms with Gasteiger partial charge >= 0.3 is 0 Å². The average molecular weight is 229 g/mol. The molecule has 0 saturated carbocycles. The van der Waals surface area contributed by atoms with Gasteiger partial charge < -0.3 is 11.5 Å². The Bertz CT molecular complexity index is 257. The summed E-state index contributed by atoms with van der Waals surface area (Å²) in [5, 5.41) is 0. The van der Waals surface area contributed by atoms with Crippen LogP contribution in [0.4, 0.5) is 0 Å². The van der Waals surface area contributed by atoms with E-state index in [0.29, 0.717) is 17.5 Å². The van der Waals surface area contributed by atoms with Gasteiger partial charge in [-0.25, -0.2) is 0 Å². The van der Waals surface area contributed by atoms with E-state index < -0.39 is 0 Å². The number of nitrogens with two attached hydrogens (primary N) is 2. The van der Waals surface area contributed by atoms with E-state index in [0.717, 1.165) is 25.9 Å². The lowest BCUT2D eigenvalue weighted by Gasteiger charge is -2.36. The van der Waals surface area contributed by atoms with E-state index in [2.05, 4.69) is 11.8 Å². The molecule has 1 amide bonds. The second kappa shape index (κ2) is 5.42. The molecule has 0 aliphatic carbocycles. The van der Waals surface area contributed by atoms with E-state index in [1.807, 2.05) is 0 Å². The van der Waals surface area contributed by atoms with Crippen molar-refractivity contribution in [1.82, 2.24) is 4.90 Å². The number of nitrogens with zero attached hydrogens (tertiary/aromatic N) is 1. The molecule has 1 aliphatic rings. The highest BCUT2D eigenvalue weighted by Gasteiger charge is 2.28. The standard InChI is InChI=1S/C10H19N3OS/c1-7-2-3-8(10(12)14)6-13(7)5-4-9(11)15/h7-8H,2-6H2,1H3,(H2,11,15)(H2,12,14). The van der Waals surface area contributed by atoms with Gasteiger partial charge in [-0.1, -0.05) is 12.2 Å². The highest BCUT2D eigenvalue weighted by atomic mass is 32.1. The molecule has 1 rings (SSSR count). The summed E-state index contributed by atoms with van der Waals surface area (Å²) < 4.78 is 0. The zero-order valence-electron chi connectivity index (χ0n) is 9.11. The zero-order valence-corrected chi connectivity index (χ0v) is 9.93. The maximum Gasteiger partial charge on any atom is 0.221 e. The van der Waals surface area contributed by atoms with Gasteiger partial charge in [-0.05, 0) is 19.8 Å². The largest absolute Gasteiger partial charge is 0.393 e. The summed E-state index contributed by atoms with van der Waals surface area (Å²) >= 11 is 4.84. The Balaban J connectivity index is 2.46. The second-order valence-corrected chi connectivity index (χ2v) is 4.76. The number of amides is 1. The van der Waals surface area contributed by atoms with Crippen LogP contribution in [0, 0.1) is 5.92 Å². The van der Waals surface area contributed by atoms with Crippen molar-refractivity contribution >= 4 is 23.1 Å². The lowest BCUT2D eigenvalue weighted by Crippen LogP contribution is -2.46. The van der Waals surface area contributed by atoms with Crippen LogP contribution >= 0.6 is 12.2 Å². The molecule has 5 heteroatoms. The van der Waals surface area contributed by atoms with E-state index in [-0.39, 0.29) is 11.8 Å². The Kier molecular flexibility index (Phi) is 4.47. The molecule has 15 heavy (non-hydrogen) atoms. The van der Waals surface area contributed by atoms with Crippen molar-refractivity contribution in [1.29, 1.82) is 0 Å². The number of carbonyl (C=O) groups excluding carboxylic acids is 1. The van der Waals surface area contributed by atoms with Crippen molar-refractivity contribution in [2.24, 2.45) is 17.4 Å². The summed E-state index contributed by atoms with van der Waals surface area (Å²) in [5.74, 6) is -0.199. The third-order valence-electron chi connectivity index (χ3n) is 3.06. The Morgan fingerprint density at radius 1 is 1.47 bits per heavy atom. The van der Waals surface area contributed by atoms with Crippen LogP contribution in [0.1, 0.15) is 26.2 Å². The molecule has 0 aromatic heterocycles. The quantitative estimate of drug-likeness (QED) is 0.678. The number of likely N-dealkylation sites (tertiary alicyclic amines) is 1. The zero-order chi connectivity index (χ0) is 11.4. The van der Waals surface area contributed by atoms with Crippen LogP contribution in [0.2, 0.25) is 0 Å². The van der Waals surface area contributed by atoms with E-state index in [9.17, 15) is 4.79 Å². The maximum atomic E-state index is 11.1. The van der Waals surface area contributed by atoms with Gasteiger partial charge in [0.1, 0.15) is 0 Å². The van der Waals surface area contributed by atoms with E-state index in [1.165, 1.54) is 0 Å². The summed E-state index contributed by atoms with van der Waals surface area (Å²) in [6.45, 7) is 3.75. The van der Waals surface area contributed by atoms with Crippen molar-refractivity contribution in [2.75, 3.05) is 13.1 Å². The number of thiocarbonyl (C=S) groups is 1. The highest BCUT2D eigenvalue weighted by molar-refractivity contribution is 7.80. The molecular formula is C10H19N3OS. The fourth-order valence-corrected chi connectivity index (χ4v) is 2.07. The first-order valence-corrected chi connectivity index (χ1v) is 5.73. The van der Waals surface area contributed by atoms with Gasteiger partial charge in [0.15, 0.2) is 0 Å². The minimum Gasteiger partial charge on any atom is -0.393 e. The molecule has 4 nitrogen and oxygen atoms in total. The number of hydrogen-bond donors (Lipinski definition) is 2. The van der Waals surface area contributed by atoms with Gasteiger partial charge in [0.25, 0.3) is 0 Å². The second-order valence-electron chi connectivity index (χ2n) is 4.24. The fraction of sp³-hybridized carbons (Fsp3) is 0.800. The first-order chi connectivity index (χ1) is 7.00. The van der Waals surface area contributed by atoms with Gasteiger partial charge in [-0.3, -0.25) is 9.69 Å². The Morgan fingerprint density at radius 2 is 2.13 bits per heavy atom. The molecule has 0 radical (unpaired) electrons. The van der Waals surface area contributed by atoms with Gasteiger partial charge in [0.2, 0.25) is 5.91 Å². The van der Waals surface area contributed by atoms with Crippen LogP contribution < -0.4 is 11.5 Å². The molecule has 0 aromatic rings. The number of carbonyl (C=O) groups is 1. The normalized spacial score (nSPS) is 27.5. The molecule has 1 aliphatic heterocycles. The average Bonchev–Trinajstić information content (AvgIpc) is 2.16. The topological polar surface area (TPSA) is 72.4 Å². The molecule has 2 unspecified atom stereocenters. The van der Waals surface area contributed by atoms with Gasteiger partial charge in [0.05, 0.1) is 10.9 Å². The molecule has 1 saturated heterocycles. The minimum absolute atomic E-state index is 0.00690. The van der Waals surface area contributed by atoms with Crippen LogP contribution in [0.5, 0.6) is 0 Å². The fourth-order valence-electron chi connectivity index (χ4n) is 1.98. The van der Waals surface area contributed by atoms with Crippen molar-refractivity contribution in [2.45, 2.75) is 32.2 Å². The Morgan fingerprint density at radius 3 is 2.67 bits per heavy atom. The molecule has 0 aromatic carbocycles. The third kappa shape index (κ3) is 3.76. The minimum atomic E-state index is -0.192. The van der Waals surface area contributed by atoms with Crippen LogP contribution in [-0.2, 0) is 4.79 Å². The molecule has 2 atom stereocenters. The lowest BCUT2D eigenvalue weighted by atomic mass is 9.93.